The molecule has 198 valence electrons. The van der Waals surface area contributed by atoms with Crippen molar-refractivity contribution in [3.05, 3.63) is 59.2 Å². The number of halogens is 2. The van der Waals surface area contributed by atoms with Crippen molar-refractivity contribution in [2.45, 2.75) is 50.2 Å². The van der Waals surface area contributed by atoms with Crippen LogP contribution < -0.4 is 4.90 Å². The van der Waals surface area contributed by atoms with Gasteiger partial charge < -0.3 is 24.8 Å². The van der Waals surface area contributed by atoms with Crippen molar-refractivity contribution in [3.8, 4) is 0 Å². The summed E-state index contributed by atoms with van der Waals surface area (Å²) in [4.78, 5) is 15.3. The number of nitrogens with one attached hydrogen (secondary N) is 1. The number of nitrogens with zero attached hydrogens (tertiary/aromatic N) is 4. The number of likely N-dealkylation sites (N-methyl/N-ethyl adjacent to an activating group) is 1. The summed E-state index contributed by atoms with van der Waals surface area (Å²) in [6, 6.07) is 11.2. The number of benzene rings is 2. The molecular formula is C29H37F2N5O. The highest BCUT2D eigenvalue weighted by molar-refractivity contribution is 5.77. The van der Waals surface area contributed by atoms with Crippen molar-refractivity contribution in [2.24, 2.45) is 5.92 Å². The molecule has 8 heteroatoms. The number of rotatable bonds is 8. The predicted octanol–water partition coefficient (Wildman–Crippen LogP) is 4.29. The molecule has 1 aromatic heterocycles. The van der Waals surface area contributed by atoms with Crippen LogP contribution in [0.1, 0.15) is 43.2 Å². The lowest BCUT2D eigenvalue weighted by molar-refractivity contribution is 0.153. The van der Waals surface area contributed by atoms with Crippen LogP contribution in [0.4, 0.5) is 14.7 Å². The minimum Gasteiger partial charge on any atom is -0.392 e. The number of aliphatic hydroxyl groups excluding tert-OH is 1. The Morgan fingerprint density at radius 3 is 2.73 bits per heavy atom. The first-order chi connectivity index (χ1) is 17.9. The van der Waals surface area contributed by atoms with E-state index in [0.29, 0.717) is 23.0 Å². The molecule has 0 spiro atoms. The van der Waals surface area contributed by atoms with Gasteiger partial charge in [-0.15, -0.1) is 0 Å². The summed E-state index contributed by atoms with van der Waals surface area (Å²) in [6.07, 6.45) is 5.44. The van der Waals surface area contributed by atoms with Gasteiger partial charge in [0.25, 0.3) is 0 Å². The highest BCUT2D eigenvalue weighted by Crippen LogP contribution is 2.63. The lowest BCUT2D eigenvalue weighted by atomic mass is 9.80. The molecule has 2 aliphatic carbocycles. The molecule has 0 amide bonds. The van der Waals surface area contributed by atoms with E-state index in [2.05, 4.69) is 44.9 Å². The number of imidazole rings is 1. The second-order valence-corrected chi connectivity index (χ2v) is 11.4. The minimum absolute atomic E-state index is 0.0749. The molecular weight excluding hydrogens is 472 g/mol. The molecule has 6 rings (SSSR count). The summed E-state index contributed by atoms with van der Waals surface area (Å²) in [5, 5.41) is 9.61. The minimum atomic E-state index is -0.863. The van der Waals surface area contributed by atoms with E-state index >= 15 is 0 Å². The Balaban J connectivity index is 1.20. The van der Waals surface area contributed by atoms with Gasteiger partial charge in [0.1, 0.15) is 0 Å². The van der Waals surface area contributed by atoms with E-state index in [0.717, 1.165) is 76.5 Å². The van der Waals surface area contributed by atoms with Crippen LogP contribution >= 0.6 is 0 Å². The largest absolute Gasteiger partial charge is 0.392 e. The smallest absolute Gasteiger partial charge is 0.204 e. The number of fused-ring (bicyclic) bond motifs is 2. The molecule has 3 aliphatic rings. The summed E-state index contributed by atoms with van der Waals surface area (Å²) < 4.78 is 27.8. The summed E-state index contributed by atoms with van der Waals surface area (Å²) >= 11 is 0. The number of piperazine rings is 1. The fourth-order valence-corrected chi connectivity index (χ4v) is 6.75. The molecule has 0 radical (unpaired) electrons. The summed E-state index contributed by atoms with van der Waals surface area (Å²) in [5.74, 6) is -0.383. The van der Waals surface area contributed by atoms with Crippen LogP contribution in [-0.2, 0) is 12.0 Å². The van der Waals surface area contributed by atoms with Crippen molar-refractivity contribution >= 4 is 17.0 Å². The van der Waals surface area contributed by atoms with Gasteiger partial charge in [-0.2, -0.15) is 0 Å². The molecule has 1 unspecified atom stereocenters. The fraction of sp³-hybridized carbons (Fsp3) is 0.552. The lowest BCUT2D eigenvalue weighted by Crippen LogP contribution is -2.46. The zero-order valence-corrected chi connectivity index (χ0v) is 21.6. The average molecular weight is 510 g/mol. The summed E-state index contributed by atoms with van der Waals surface area (Å²) in [7, 11) is 2.17. The summed E-state index contributed by atoms with van der Waals surface area (Å²) in [6.45, 7) is 6.39. The Bertz CT molecular complexity index is 1220. The maximum Gasteiger partial charge on any atom is 0.204 e. The van der Waals surface area contributed by atoms with Crippen LogP contribution in [0, 0.1) is 17.6 Å². The van der Waals surface area contributed by atoms with Crippen molar-refractivity contribution in [2.75, 3.05) is 51.2 Å². The van der Waals surface area contributed by atoms with Crippen molar-refractivity contribution in [3.63, 3.8) is 0 Å². The Morgan fingerprint density at radius 2 is 1.95 bits per heavy atom. The van der Waals surface area contributed by atoms with Crippen LogP contribution in [0.25, 0.3) is 11.0 Å². The SMILES string of the molecule is CN1CCN(CCCN(c2nc3cc(F)c(F)cc3[nH]2)[C@@H]2CCC3(c4cccc(CO)c4)C[C@@H]3C2)CC1. The molecule has 2 aromatic carbocycles. The summed E-state index contributed by atoms with van der Waals surface area (Å²) in [5.41, 5.74) is 3.57. The van der Waals surface area contributed by atoms with Crippen LogP contribution in [0.2, 0.25) is 0 Å². The van der Waals surface area contributed by atoms with Gasteiger partial charge in [-0.3, -0.25) is 0 Å². The first-order valence-electron chi connectivity index (χ1n) is 13.7. The molecule has 6 nitrogen and oxygen atoms in total. The maximum absolute atomic E-state index is 13.9. The molecule has 2 N–H and O–H groups in total. The van der Waals surface area contributed by atoms with Gasteiger partial charge in [-0.25, -0.2) is 13.8 Å². The first-order valence-corrected chi connectivity index (χ1v) is 13.7. The van der Waals surface area contributed by atoms with Crippen molar-refractivity contribution in [1.82, 2.24) is 19.8 Å². The highest BCUT2D eigenvalue weighted by atomic mass is 19.2. The number of anilines is 1. The molecule has 37 heavy (non-hydrogen) atoms. The molecule has 1 saturated heterocycles. The van der Waals surface area contributed by atoms with Crippen LogP contribution in [0.5, 0.6) is 0 Å². The Labute approximate surface area is 217 Å². The molecule has 3 fully saturated rings. The van der Waals surface area contributed by atoms with Gasteiger partial charge in [-0.05, 0) is 68.2 Å². The van der Waals surface area contributed by atoms with Crippen LogP contribution in [0.15, 0.2) is 36.4 Å². The number of hydrogen-bond acceptors (Lipinski definition) is 5. The third-order valence-corrected chi connectivity index (χ3v) is 9.09. The van der Waals surface area contributed by atoms with E-state index in [-0.39, 0.29) is 12.0 Å². The van der Waals surface area contributed by atoms with Gasteiger partial charge in [0, 0.05) is 50.9 Å². The highest BCUT2D eigenvalue weighted by Gasteiger charge is 2.58. The van der Waals surface area contributed by atoms with E-state index in [1.54, 1.807) is 0 Å². The number of aliphatic hydroxyl groups is 1. The third-order valence-electron chi connectivity index (χ3n) is 9.09. The lowest BCUT2D eigenvalue weighted by Gasteiger charge is -2.38. The Morgan fingerprint density at radius 1 is 1.14 bits per heavy atom. The molecule has 1 aliphatic heterocycles. The van der Waals surface area contributed by atoms with E-state index in [1.165, 1.54) is 24.1 Å². The van der Waals surface area contributed by atoms with Crippen LogP contribution in [-0.4, -0.2) is 77.2 Å². The van der Waals surface area contributed by atoms with E-state index < -0.39 is 11.6 Å². The zero-order chi connectivity index (χ0) is 25.6. The normalized spacial score (nSPS) is 26.4. The van der Waals surface area contributed by atoms with Gasteiger partial charge in [0.2, 0.25) is 5.95 Å². The van der Waals surface area contributed by atoms with E-state index in [9.17, 15) is 13.9 Å². The Kier molecular flexibility index (Phi) is 6.67. The number of H-pyrrole nitrogens is 1. The van der Waals surface area contributed by atoms with E-state index in [1.807, 2.05) is 6.07 Å². The second-order valence-electron chi connectivity index (χ2n) is 11.4. The quantitative estimate of drug-likeness (QED) is 0.475. The van der Waals surface area contributed by atoms with Crippen LogP contribution in [0.3, 0.4) is 0 Å². The predicted molar refractivity (Wildman–Crippen MR) is 142 cm³/mol. The van der Waals surface area contributed by atoms with Gasteiger partial charge in [0.05, 0.1) is 17.6 Å². The Hall–Kier alpha value is -2.55. The molecule has 0 bridgehead atoms. The second kappa shape index (κ2) is 9.97. The fourth-order valence-electron chi connectivity index (χ4n) is 6.75. The third kappa shape index (κ3) is 4.87. The number of aromatic nitrogens is 2. The van der Waals surface area contributed by atoms with Gasteiger partial charge in [-0.1, -0.05) is 24.3 Å². The topological polar surface area (TPSA) is 58.6 Å². The molecule has 2 saturated carbocycles. The van der Waals surface area contributed by atoms with Gasteiger partial charge in [0.15, 0.2) is 11.6 Å². The molecule has 2 heterocycles. The first kappa shape index (κ1) is 24.8. The molecule has 3 aromatic rings. The zero-order valence-electron chi connectivity index (χ0n) is 21.6. The van der Waals surface area contributed by atoms with Gasteiger partial charge >= 0.3 is 0 Å². The maximum atomic E-state index is 13.9. The standard InChI is InChI=1S/C29H37F2N5O/c1-34-10-12-35(13-11-34)8-3-9-36(28-32-26-16-24(30)25(31)17-27(26)33-28)23-6-7-29(18-22(29)15-23)21-5-2-4-20(14-21)19-37/h2,4-5,14,16-17,22-23,37H,3,6-13,15,18-19H2,1H3,(H,32,33)/t22-,23+,29?/m0/s1. The van der Waals surface area contributed by atoms with Crippen molar-refractivity contribution < 1.29 is 13.9 Å². The molecule has 3 atom stereocenters. The monoisotopic (exact) mass is 509 g/mol. The number of aromatic amines is 1. The average Bonchev–Trinajstić information content (AvgIpc) is 3.53. The van der Waals surface area contributed by atoms with E-state index in [4.69, 9.17) is 4.98 Å². The number of hydrogen-bond donors (Lipinski definition) is 2. The van der Waals surface area contributed by atoms with Crippen molar-refractivity contribution in [1.29, 1.82) is 0 Å².